The summed E-state index contributed by atoms with van der Waals surface area (Å²) in [6.45, 7) is 0.469. The molecule has 0 fully saturated rings. The topological polar surface area (TPSA) is 103 Å². The van der Waals surface area contributed by atoms with Gasteiger partial charge in [0, 0.05) is 25.8 Å². The van der Waals surface area contributed by atoms with Crippen molar-refractivity contribution in [3.63, 3.8) is 0 Å². The van der Waals surface area contributed by atoms with Gasteiger partial charge in [0.15, 0.2) is 0 Å². The van der Waals surface area contributed by atoms with Gasteiger partial charge in [0.2, 0.25) is 5.91 Å². The Morgan fingerprint density at radius 2 is 1.66 bits per heavy atom. The third kappa shape index (κ3) is 6.34. The first kappa shape index (κ1) is 23.0. The largest absolute Gasteiger partial charge is 0.496 e. The van der Waals surface area contributed by atoms with Crippen LogP contribution in [0.2, 0.25) is 0 Å². The zero-order chi connectivity index (χ0) is 21.4. The molecule has 158 valence electrons. The zero-order valence-corrected chi connectivity index (χ0v) is 18.7. The maximum atomic E-state index is 12.9. The summed E-state index contributed by atoms with van der Waals surface area (Å²) in [4.78, 5) is 11.9. The summed E-state index contributed by atoms with van der Waals surface area (Å²) in [7, 11) is 0.477. The van der Waals surface area contributed by atoms with Crippen molar-refractivity contribution in [1.29, 1.82) is 0 Å². The fraction of sp³-hybridized carbons (Fsp3) is 0.316. The van der Waals surface area contributed by atoms with Gasteiger partial charge in [0.05, 0.1) is 24.4 Å². The van der Waals surface area contributed by atoms with Gasteiger partial charge in [-0.15, -0.1) is 0 Å². The van der Waals surface area contributed by atoms with Crippen LogP contribution in [0.3, 0.4) is 0 Å². The molecular formula is C19H23BrN2O6S. The van der Waals surface area contributed by atoms with E-state index in [1.54, 1.807) is 31.4 Å². The van der Waals surface area contributed by atoms with E-state index in [9.17, 15) is 13.2 Å². The number of hydrogen-bond donors (Lipinski definition) is 2. The van der Waals surface area contributed by atoms with E-state index in [1.165, 1.54) is 26.4 Å². The van der Waals surface area contributed by atoms with Gasteiger partial charge in [-0.3, -0.25) is 9.52 Å². The fourth-order valence-corrected chi connectivity index (χ4v) is 4.29. The summed E-state index contributed by atoms with van der Waals surface area (Å²) in [5.41, 5.74) is 0.693. The molecule has 2 N–H and O–H groups in total. The minimum Gasteiger partial charge on any atom is -0.496 e. The molecule has 1 amide bonds. The van der Waals surface area contributed by atoms with E-state index in [-0.39, 0.29) is 23.0 Å². The Morgan fingerprint density at radius 1 is 1.00 bits per heavy atom. The van der Waals surface area contributed by atoms with Gasteiger partial charge in [-0.05, 0) is 58.7 Å². The van der Waals surface area contributed by atoms with Crippen LogP contribution in [-0.4, -0.2) is 42.3 Å². The van der Waals surface area contributed by atoms with E-state index in [4.69, 9.17) is 14.2 Å². The van der Waals surface area contributed by atoms with Crippen molar-refractivity contribution >= 4 is 43.2 Å². The van der Waals surface area contributed by atoms with E-state index < -0.39 is 10.0 Å². The number of nitrogens with one attached hydrogen (secondary N) is 2. The summed E-state index contributed by atoms with van der Waals surface area (Å²) < 4.78 is 44.2. The Hall–Kier alpha value is -2.30. The number of halogens is 1. The SMILES string of the molecule is COCCCC(=O)Nc1ccc(OC)c(S(=O)(=O)Nc2ccc(OC)c(Br)c2)c1. The number of benzene rings is 2. The number of sulfonamides is 1. The average Bonchev–Trinajstić information content (AvgIpc) is 2.68. The average molecular weight is 487 g/mol. The Kier molecular flexibility index (Phi) is 8.30. The third-order valence-corrected chi connectivity index (χ3v) is 5.92. The number of amides is 1. The second kappa shape index (κ2) is 10.5. The number of carbonyl (C=O) groups excluding carboxylic acids is 1. The predicted molar refractivity (Wildman–Crippen MR) is 114 cm³/mol. The van der Waals surface area contributed by atoms with Crippen molar-refractivity contribution in [3.05, 3.63) is 40.9 Å². The van der Waals surface area contributed by atoms with Gasteiger partial charge < -0.3 is 19.5 Å². The van der Waals surface area contributed by atoms with Crippen LogP contribution in [0.25, 0.3) is 0 Å². The second-order valence-electron chi connectivity index (χ2n) is 5.96. The van der Waals surface area contributed by atoms with E-state index in [0.717, 1.165) is 0 Å². The highest BCUT2D eigenvalue weighted by atomic mass is 79.9. The molecule has 0 heterocycles. The van der Waals surface area contributed by atoms with Crippen molar-refractivity contribution in [2.24, 2.45) is 0 Å². The lowest BCUT2D eigenvalue weighted by molar-refractivity contribution is -0.116. The minimum absolute atomic E-state index is 0.0957. The van der Waals surface area contributed by atoms with Crippen molar-refractivity contribution < 1.29 is 27.4 Å². The van der Waals surface area contributed by atoms with Gasteiger partial charge in [-0.1, -0.05) is 0 Å². The van der Waals surface area contributed by atoms with Gasteiger partial charge in [0.1, 0.15) is 16.4 Å². The zero-order valence-electron chi connectivity index (χ0n) is 16.3. The highest BCUT2D eigenvalue weighted by Gasteiger charge is 2.21. The first-order chi connectivity index (χ1) is 13.8. The molecule has 0 bridgehead atoms. The van der Waals surface area contributed by atoms with Crippen LogP contribution in [0, 0.1) is 0 Å². The van der Waals surface area contributed by atoms with Gasteiger partial charge in [-0.2, -0.15) is 0 Å². The number of rotatable bonds is 10. The van der Waals surface area contributed by atoms with E-state index in [0.29, 0.717) is 34.6 Å². The van der Waals surface area contributed by atoms with Crippen LogP contribution in [0.15, 0.2) is 45.8 Å². The molecule has 0 atom stereocenters. The molecule has 2 aromatic rings. The smallest absolute Gasteiger partial charge is 0.265 e. The monoisotopic (exact) mass is 486 g/mol. The lowest BCUT2D eigenvalue weighted by Gasteiger charge is -2.14. The summed E-state index contributed by atoms with van der Waals surface area (Å²) in [6, 6.07) is 9.22. The van der Waals surface area contributed by atoms with Crippen molar-refractivity contribution in [2.75, 3.05) is 38.0 Å². The van der Waals surface area contributed by atoms with Crippen LogP contribution in [0.4, 0.5) is 11.4 Å². The van der Waals surface area contributed by atoms with Gasteiger partial charge in [0.25, 0.3) is 10.0 Å². The second-order valence-corrected chi connectivity index (χ2v) is 8.47. The fourth-order valence-electron chi connectivity index (χ4n) is 2.51. The highest BCUT2D eigenvalue weighted by molar-refractivity contribution is 9.10. The Bertz CT molecular complexity index is 965. The number of methoxy groups -OCH3 is 3. The summed E-state index contributed by atoms with van der Waals surface area (Å²) >= 11 is 3.32. The summed E-state index contributed by atoms with van der Waals surface area (Å²) in [5, 5.41) is 2.69. The van der Waals surface area contributed by atoms with Gasteiger partial charge in [-0.25, -0.2) is 8.42 Å². The molecule has 10 heteroatoms. The van der Waals surface area contributed by atoms with E-state index in [1.807, 2.05) is 0 Å². The summed E-state index contributed by atoms with van der Waals surface area (Å²) in [5.74, 6) is 0.494. The molecule has 0 spiro atoms. The van der Waals surface area contributed by atoms with Crippen molar-refractivity contribution in [3.8, 4) is 11.5 Å². The van der Waals surface area contributed by atoms with Crippen LogP contribution < -0.4 is 19.5 Å². The van der Waals surface area contributed by atoms with Crippen LogP contribution in [0.5, 0.6) is 11.5 Å². The molecule has 0 aliphatic carbocycles. The summed E-state index contributed by atoms with van der Waals surface area (Å²) in [6.07, 6.45) is 0.831. The highest BCUT2D eigenvalue weighted by Crippen LogP contribution is 2.32. The number of anilines is 2. The van der Waals surface area contributed by atoms with Gasteiger partial charge >= 0.3 is 0 Å². The maximum absolute atomic E-state index is 12.9. The van der Waals surface area contributed by atoms with E-state index >= 15 is 0 Å². The predicted octanol–water partition coefficient (Wildman–Crippen LogP) is 3.63. The first-order valence-electron chi connectivity index (χ1n) is 8.64. The minimum atomic E-state index is -3.98. The molecule has 0 aliphatic heterocycles. The van der Waals surface area contributed by atoms with Crippen LogP contribution in [0.1, 0.15) is 12.8 Å². The van der Waals surface area contributed by atoms with Crippen LogP contribution >= 0.6 is 15.9 Å². The van der Waals surface area contributed by atoms with Crippen molar-refractivity contribution in [1.82, 2.24) is 0 Å². The lowest BCUT2D eigenvalue weighted by Crippen LogP contribution is -2.16. The standard InChI is InChI=1S/C19H23BrN2O6S/c1-26-10-4-5-19(23)21-13-6-9-17(28-3)18(12-13)29(24,25)22-14-7-8-16(27-2)15(20)11-14/h6-9,11-12,22H,4-5,10H2,1-3H3,(H,21,23). The van der Waals surface area contributed by atoms with E-state index in [2.05, 4.69) is 26.0 Å². The van der Waals surface area contributed by atoms with Crippen molar-refractivity contribution in [2.45, 2.75) is 17.7 Å². The Balaban J connectivity index is 2.26. The lowest BCUT2D eigenvalue weighted by atomic mass is 10.2. The quantitative estimate of drug-likeness (QED) is 0.497. The molecule has 2 aromatic carbocycles. The van der Waals surface area contributed by atoms with Crippen LogP contribution in [-0.2, 0) is 19.6 Å². The molecular weight excluding hydrogens is 464 g/mol. The maximum Gasteiger partial charge on any atom is 0.265 e. The Labute approximate surface area is 178 Å². The normalized spacial score (nSPS) is 11.0. The molecule has 0 saturated heterocycles. The number of ether oxygens (including phenoxy) is 3. The molecule has 29 heavy (non-hydrogen) atoms. The molecule has 0 aromatic heterocycles. The Morgan fingerprint density at radius 3 is 2.28 bits per heavy atom. The molecule has 8 nitrogen and oxygen atoms in total. The number of carbonyl (C=O) groups is 1. The molecule has 0 unspecified atom stereocenters. The molecule has 0 radical (unpaired) electrons. The molecule has 0 saturated carbocycles. The molecule has 2 rings (SSSR count). The third-order valence-electron chi connectivity index (χ3n) is 3.89. The first-order valence-corrected chi connectivity index (χ1v) is 10.9. The number of hydrogen-bond acceptors (Lipinski definition) is 6. The molecule has 0 aliphatic rings.